The van der Waals surface area contributed by atoms with E-state index in [4.69, 9.17) is 10.5 Å². The number of rotatable bonds is 9. The van der Waals surface area contributed by atoms with Crippen LogP contribution in [0.15, 0.2) is 59.6 Å². The van der Waals surface area contributed by atoms with Crippen molar-refractivity contribution < 1.29 is 22.3 Å². The molecule has 2 heterocycles. The topological polar surface area (TPSA) is 140 Å². The quantitative estimate of drug-likeness (QED) is 0.314. The molecule has 0 spiro atoms. The number of benzene rings is 2. The van der Waals surface area contributed by atoms with Gasteiger partial charge >= 0.3 is 6.09 Å². The Morgan fingerprint density at radius 1 is 1.10 bits per heavy atom. The van der Waals surface area contributed by atoms with E-state index >= 15 is 0 Å². The Kier molecular flexibility index (Phi) is 8.59. The first-order valence-corrected chi connectivity index (χ1v) is 14.5. The highest BCUT2D eigenvalue weighted by atomic mass is 32.2. The second kappa shape index (κ2) is 11.8. The summed E-state index contributed by atoms with van der Waals surface area (Å²) in [4.78, 5) is 20.1. The monoisotopic (exact) mass is 570 g/mol. The van der Waals surface area contributed by atoms with Crippen LogP contribution in [-0.2, 0) is 14.8 Å². The van der Waals surface area contributed by atoms with E-state index < -0.39 is 21.7 Å². The van der Waals surface area contributed by atoms with Crippen molar-refractivity contribution in [2.24, 2.45) is 17.6 Å². The van der Waals surface area contributed by atoms with E-state index in [1.54, 1.807) is 55.6 Å². The number of carbonyl (C=O) groups is 1. The lowest BCUT2D eigenvalue weighted by atomic mass is 9.77. The molecule has 1 aliphatic rings. The van der Waals surface area contributed by atoms with E-state index in [-0.39, 0.29) is 22.5 Å². The molecule has 1 fully saturated rings. The first-order chi connectivity index (χ1) is 18.8. The SMILES string of the molecule is Cc1cc(Nc2ccnc(Nc3ccc(S(=O)(=O)N4CCC(C(C)C(C)(C)OC(N)=O)CC4)cc3)n2)ccc1F. The highest BCUT2D eigenvalue weighted by Crippen LogP contribution is 2.35. The molecule has 0 aliphatic carbocycles. The minimum Gasteiger partial charge on any atom is -0.443 e. The Hall–Kier alpha value is -3.77. The van der Waals surface area contributed by atoms with Crippen LogP contribution < -0.4 is 16.4 Å². The molecule has 0 bridgehead atoms. The Bertz CT molecular complexity index is 1460. The molecule has 4 rings (SSSR count). The third kappa shape index (κ3) is 6.86. The van der Waals surface area contributed by atoms with Crippen LogP contribution in [0.4, 0.5) is 32.3 Å². The Labute approximate surface area is 234 Å². The number of hydrogen-bond donors (Lipinski definition) is 3. The lowest BCUT2D eigenvalue weighted by Gasteiger charge is -2.40. The average Bonchev–Trinajstić information content (AvgIpc) is 2.90. The highest BCUT2D eigenvalue weighted by Gasteiger charge is 2.38. The maximum atomic E-state index is 13.5. The lowest BCUT2D eigenvalue weighted by Crippen LogP contribution is -2.45. The predicted molar refractivity (Wildman–Crippen MR) is 152 cm³/mol. The van der Waals surface area contributed by atoms with Gasteiger partial charge in [0.1, 0.15) is 17.2 Å². The number of aryl methyl sites for hydroxylation is 1. The summed E-state index contributed by atoms with van der Waals surface area (Å²) in [7, 11) is -3.67. The van der Waals surface area contributed by atoms with Gasteiger partial charge < -0.3 is 21.1 Å². The molecule has 1 atom stereocenters. The standard InChI is InChI=1S/C28H35FN6O4S/c1-18-17-22(7-10-24(18)29)32-25-11-14-31-27(34-25)33-21-5-8-23(9-6-21)40(37,38)35-15-12-20(13-16-35)19(2)28(3,4)39-26(30)36/h5-11,14,17,19-20H,12-13,15-16H2,1-4H3,(H2,30,36)(H2,31,32,33,34). The molecule has 4 N–H and O–H groups in total. The molecule has 40 heavy (non-hydrogen) atoms. The number of sulfonamides is 1. The Morgan fingerprint density at radius 3 is 2.38 bits per heavy atom. The first kappa shape index (κ1) is 29.2. The van der Waals surface area contributed by atoms with Gasteiger partial charge in [0, 0.05) is 30.7 Å². The van der Waals surface area contributed by atoms with Gasteiger partial charge in [-0.2, -0.15) is 9.29 Å². The molecule has 1 unspecified atom stereocenters. The zero-order valence-corrected chi connectivity index (χ0v) is 23.8. The number of piperidine rings is 1. The predicted octanol–water partition coefficient (Wildman–Crippen LogP) is 5.32. The molecule has 1 aliphatic heterocycles. The van der Waals surface area contributed by atoms with Crippen LogP contribution >= 0.6 is 0 Å². The number of anilines is 4. The van der Waals surface area contributed by atoms with Gasteiger partial charge in [-0.15, -0.1) is 0 Å². The maximum absolute atomic E-state index is 13.5. The third-order valence-electron chi connectivity index (χ3n) is 7.50. The summed E-state index contributed by atoms with van der Waals surface area (Å²) in [5.41, 5.74) is 6.31. The minimum atomic E-state index is -3.67. The van der Waals surface area contributed by atoms with E-state index in [9.17, 15) is 17.6 Å². The smallest absolute Gasteiger partial charge is 0.405 e. The lowest BCUT2D eigenvalue weighted by molar-refractivity contribution is -0.0239. The molecule has 1 aromatic heterocycles. The van der Waals surface area contributed by atoms with Crippen molar-refractivity contribution in [1.82, 2.24) is 14.3 Å². The largest absolute Gasteiger partial charge is 0.443 e. The fourth-order valence-electron chi connectivity index (χ4n) is 4.88. The molecule has 1 amide bonds. The van der Waals surface area contributed by atoms with Crippen LogP contribution in [-0.4, -0.2) is 47.5 Å². The van der Waals surface area contributed by atoms with Crippen molar-refractivity contribution in [1.29, 1.82) is 0 Å². The van der Waals surface area contributed by atoms with E-state index in [2.05, 4.69) is 20.6 Å². The van der Waals surface area contributed by atoms with Crippen LogP contribution in [0.25, 0.3) is 0 Å². The fraction of sp³-hybridized carbons (Fsp3) is 0.393. The van der Waals surface area contributed by atoms with Crippen LogP contribution in [0.1, 0.15) is 39.2 Å². The summed E-state index contributed by atoms with van der Waals surface area (Å²) in [5.74, 6) is 0.774. The summed E-state index contributed by atoms with van der Waals surface area (Å²) in [6.45, 7) is 8.10. The average molecular weight is 571 g/mol. The molecule has 1 saturated heterocycles. The van der Waals surface area contributed by atoms with Gasteiger partial charge in [0.2, 0.25) is 16.0 Å². The van der Waals surface area contributed by atoms with Crippen molar-refractivity contribution >= 4 is 39.3 Å². The Balaban J connectivity index is 1.37. The van der Waals surface area contributed by atoms with E-state index in [0.29, 0.717) is 54.6 Å². The van der Waals surface area contributed by atoms with Crippen molar-refractivity contribution in [2.45, 2.75) is 51.0 Å². The summed E-state index contributed by atoms with van der Waals surface area (Å²) in [6, 6.07) is 12.8. The highest BCUT2D eigenvalue weighted by molar-refractivity contribution is 7.89. The van der Waals surface area contributed by atoms with E-state index in [1.807, 2.05) is 20.8 Å². The van der Waals surface area contributed by atoms with Gasteiger partial charge in [0.25, 0.3) is 0 Å². The molecule has 12 heteroatoms. The van der Waals surface area contributed by atoms with Crippen LogP contribution in [0.2, 0.25) is 0 Å². The van der Waals surface area contributed by atoms with Gasteiger partial charge in [-0.3, -0.25) is 0 Å². The summed E-state index contributed by atoms with van der Waals surface area (Å²) in [5, 5.41) is 6.20. The van der Waals surface area contributed by atoms with Gasteiger partial charge in [-0.1, -0.05) is 6.92 Å². The minimum absolute atomic E-state index is 0.0194. The van der Waals surface area contributed by atoms with Crippen molar-refractivity contribution in [3.8, 4) is 0 Å². The second-order valence-corrected chi connectivity index (χ2v) is 12.5. The normalized spacial score (nSPS) is 15.8. The number of aromatic nitrogens is 2. The van der Waals surface area contributed by atoms with Crippen molar-refractivity contribution in [2.75, 3.05) is 23.7 Å². The van der Waals surface area contributed by atoms with Crippen LogP contribution in [0.3, 0.4) is 0 Å². The first-order valence-electron chi connectivity index (χ1n) is 13.1. The number of hydrogen-bond acceptors (Lipinski definition) is 8. The summed E-state index contributed by atoms with van der Waals surface area (Å²) in [6.07, 6.45) is 2.08. The number of nitrogens with zero attached hydrogens (tertiary/aromatic N) is 3. The second-order valence-electron chi connectivity index (χ2n) is 10.6. The third-order valence-corrected chi connectivity index (χ3v) is 9.41. The number of nitrogens with two attached hydrogens (primary N) is 1. The molecule has 0 radical (unpaired) electrons. The summed E-state index contributed by atoms with van der Waals surface area (Å²) < 4.78 is 46.9. The molecule has 214 valence electrons. The molecule has 2 aromatic carbocycles. The molecular weight excluding hydrogens is 535 g/mol. The number of amides is 1. The fourth-order valence-corrected chi connectivity index (χ4v) is 6.35. The summed E-state index contributed by atoms with van der Waals surface area (Å²) >= 11 is 0. The molecule has 0 saturated carbocycles. The van der Waals surface area contributed by atoms with Crippen LogP contribution in [0, 0.1) is 24.6 Å². The van der Waals surface area contributed by atoms with Crippen LogP contribution in [0.5, 0.6) is 0 Å². The molecular formula is C28H35FN6O4S. The van der Waals surface area contributed by atoms with E-state index in [0.717, 1.165) is 0 Å². The molecule has 10 nitrogen and oxygen atoms in total. The number of nitrogens with one attached hydrogen (secondary N) is 2. The maximum Gasteiger partial charge on any atom is 0.405 e. The zero-order chi connectivity index (χ0) is 29.1. The van der Waals surface area contributed by atoms with Gasteiger partial charge in [0.15, 0.2) is 0 Å². The number of halogens is 1. The molecule has 3 aromatic rings. The van der Waals surface area contributed by atoms with Gasteiger partial charge in [0.05, 0.1) is 4.90 Å². The van der Waals surface area contributed by atoms with Crippen molar-refractivity contribution in [3.63, 3.8) is 0 Å². The number of ether oxygens (including phenoxy) is 1. The van der Waals surface area contributed by atoms with Gasteiger partial charge in [-0.25, -0.2) is 22.6 Å². The van der Waals surface area contributed by atoms with E-state index in [1.165, 1.54) is 10.4 Å². The Morgan fingerprint density at radius 2 is 1.75 bits per heavy atom. The number of carbonyl (C=O) groups excluding carboxylic acids is 1. The van der Waals surface area contributed by atoms with Gasteiger partial charge in [-0.05, 0) is 99.5 Å². The zero-order valence-electron chi connectivity index (χ0n) is 23.0. The van der Waals surface area contributed by atoms with Crippen molar-refractivity contribution in [3.05, 3.63) is 66.1 Å². The number of primary amides is 1.